The van der Waals surface area contributed by atoms with Crippen molar-refractivity contribution >= 4 is 15.8 Å². The minimum Gasteiger partial charge on any atom is -0.426 e. The summed E-state index contributed by atoms with van der Waals surface area (Å²) >= 11 is 0. The SMILES string of the molecule is Cc1ccc(S(=O)(=O)CCC(=O)Oc2ccccc2C(F)(F)F)cc1. The smallest absolute Gasteiger partial charge is 0.419 e. The number of carbonyl (C=O) groups excluding carboxylic acids is 1. The van der Waals surface area contributed by atoms with E-state index >= 15 is 0 Å². The van der Waals surface area contributed by atoms with Gasteiger partial charge < -0.3 is 4.74 Å². The van der Waals surface area contributed by atoms with Gasteiger partial charge in [-0.1, -0.05) is 29.8 Å². The summed E-state index contributed by atoms with van der Waals surface area (Å²) < 4.78 is 67.5. The molecule has 0 saturated carbocycles. The van der Waals surface area contributed by atoms with Crippen molar-refractivity contribution in [2.45, 2.75) is 24.4 Å². The first-order chi connectivity index (χ1) is 11.6. The highest BCUT2D eigenvalue weighted by Crippen LogP contribution is 2.36. The highest BCUT2D eigenvalue weighted by molar-refractivity contribution is 7.91. The van der Waals surface area contributed by atoms with Crippen LogP contribution >= 0.6 is 0 Å². The van der Waals surface area contributed by atoms with Gasteiger partial charge in [-0.3, -0.25) is 4.79 Å². The van der Waals surface area contributed by atoms with E-state index in [0.717, 1.165) is 17.7 Å². The van der Waals surface area contributed by atoms with Crippen LogP contribution in [-0.2, 0) is 20.8 Å². The Balaban J connectivity index is 2.06. The van der Waals surface area contributed by atoms with Crippen molar-refractivity contribution in [2.75, 3.05) is 5.75 Å². The molecular weight excluding hydrogens is 357 g/mol. The minimum absolute atomic E-state index is 0.0431. The summed E-state index contributed by atoms with van der Waals surface area (Å²) in [4.78, 5) is 11.8. The average Bonchev–Trinajstić information content (AvgIpc) is 2.53. The third-order valence-electron chi connectivity index (χ3n) is 3.37. The third kappa shape index (κ3) is 5.06. The van der Waals surface area contributed by atoms with Crippen LogP contribution in [0, 0.1) is 6.92 Å². The number of sulfone groups is 1. The first-order valence-electron chi connectivity index (χ1n) is 7.26. The second-order valence-electron chi connectivity index (χ2n) is 5.35. The molecule has 0 bridgehead atoms. The van der Waals surface area contributed by atoms with E-state index in [2.05, 4.69) is 0 Å². The van der Waals surface area contributed by atoms with Crippen molar-refractivity contribution in [3.05, 3.63) is 59.7 Å². The number of aryl methyl sites for hydroxylation is 1. The molecule has 25 heavy (non-hydrogen) atoms. The number of rotatable bonds is 5. The summed E-state index contributed by atoms with van der Waals surface area (Å²) in [5.74, 6) is -2.25. The van der Waals surface area contributed by atoms with E-state index in [4.69, 9.17) is 4.74 Å². The normalized spacial score (nSPS) is 12.0. The van der Waals surface area contributed by atoms with E-state index in [9.17, 15) is 26.4 Å². The van der Waals surface area contributed by atoms with E-state index < -0.39 is 45.5 Å². The number of benzene rings is 2. The van der Waals surface area contributed by atoms with E-state index in [1.165, 1.54) is 24.3 Å². The van der Waals surface area contributed by atoms with Crippen LogP contribution in [0.2, 0.25) is 0 Å². The Bertz CT molecular complexity index is 856. The van der Waals surface area contributed by atoms with Gasteiger partial charge in [0.2, 0.25) is 0 Å². The van der Waals surface area contributed by atoms with Crippen LogP contribution in [0.5, 0.6) is 5.75 Å². The zero-order valence-electron chi connectivity index (χ0n) is 13.2. The predicted octanol–water partition coefficient (Wildman–Crippen LogP) is 3.78. The summed E-state index contributed by atoms with van der Waals surface area (Å²) in [6.07, 6.45) is -5.23. The van der Waals surface area contributed by atoms with Crippen LogP contribution in [0.15, 0.2) is 53.4 Å². The van der Waals surface area contributed by atoms with E-state index in [1.54, 1.807) is 19.1 Å². The number of ether oxygens (including phenoxy) is 1. The van der Waals surface area contributed by atoms with Crippen LogP contribution in [0.4, 0.5) is 13.2 Å². The van der Waals surface area contributed by atoms with Crippen LogP contribution in [0.3, 0.4) is 0 Å². The number of halogens is 3. The van der Waals surface area contributed by atoms with Crippen molar-refractivity contribution in [3.8, 4) is 5.75 Å². The van der Waals surface area contributed by atoms with Crippen molar-refractivity contribution in [2.24, 2.45) is 0 Å². The molecule has 0 unspecified atom stereocenters. The number of esters is 1. The predicted molar refractivity (Wildman–Crippen MR) is 84.9 cm³/mol. The molecule has 0 aromatic heterocycles. The Morgan fingerprint density at radius 3 is 2.24 bits per heavy atom. The van der Waals surface area contributed by atoms with Gasteiger partial charge in [0.1, 0.15) is 5.75 Å². The highest BCUT2D eigenvalue weighted by atomic mass is 32.2. The largest absolute Gasteiger partial charge is 0.426 e. The van der Waals surface area contributed by atoms with Crippen molar-refractivity contribution < 1.29 is 31.1 Å². The van der Waals surface area contributed by atoms with Crippen molar-refractivity contribution in [1.29, 1.82) is 0 Å². The zero-order valence-corrected chi connectivity index (χ0v) is 14.0. The summed E-state index contributed by atoms with van der Waals surface area (Å²) in [6.45, 7) is 1.80. The maximum absolute atomic E-state index is 12.8. The zero-order chi connectivity index (χ0) is 18.7. The molecule has 134 valence electrons. The molecule has 0 amide bonds. The Hall–Kier alpha value is -2.35. The number of para-hydroxylation sites is 1. The first kappa shape index (κ1) is 19.0. The molecule has 0 heterocycles. The van der Waals surface area contributed by atoms with Gasteiger partial charge in [-0.25, -0.2) is 8.42 Å². The summed E-state index contributed by atoms with van der Waals surface area (Å²) in [7, 11) is -3.73. The standard InChI is InChI=1S/C17H15F3O4S/c1-12-6-8-13(9-7-12)25(22,23)11-10-16(21)24-15-5-3-2-4-14(15)17(18,19)20/h2-9H,10-11H2,1H3. The van der Waals surface area contributed by atoms with Crippen molar-refractivity contribution in [1.82, 2.24) is 0 Å². The monoisotopic (exact) mass is 372 g/mol. The fourth-order valence-electron chi connectivity index (χ4n) is 2.04. The lowest BCUT2D eigenvalue weighted by Crippen LogP contribution is -2.17. The average molecular weight is 372 g/mol. The fraction of sp³-hybridized carbons (Fsp3) is 0.235. The van der Waals surface area contributed by atoms with E-state index in [1.807, 2.05) is 0 Å². The molecule has 0 radical (unpaired) electrons. The Labute approximate surface area is 143 Å². The first-order valence-corrected chi connectivity index (χ1v) is 8.91. The molecule has 2 aromatic carbocycles. The highest BCUT2D eigenvalue weighted by Gasteiger charge is 2.34. The summed E-state index contributed by atoms with van der Waals surface area (Å²) in [5.41, 5.74) is -0.216. The molecular formula is C17H15F3O4S. The molecule has 0 spiro atoms. The minimum atomic E-state index is -4.68. The lowest BCUT2D eigenvalue weighted by atomic mass is 10.2. The molecule has 8 heteroatoms. The number of alkyl halides is 3. The molecule has 2 rings (SSSR count). The lowest BCUT2D eigenvalue weighted by molar-refractivity contribution is -0.142. The van der Waals surface area contributed by atoms with Gasteiger partial charge in [0.15, 0.2) is 9.84 Å². The van der Waals surface area contributed by atoms with Gasteiger partial charge >= 0.3 is 12.1 Å². The fourth-order valence-corrected chi connectivity index (χ4v) is 3.27. The van der Waals surface area contributed by atoms with Crippen LogP contribution in [0.1, 0.15) is 17.5 Å². The second kappa shape index (κ2) is 7.26. The van der Waals surface area contributed by atoms with Gasteiger partial charge in [0.25, 0.3) is 0 Å². The molecule has 0 atom stereocenters. The quantitative estimate of drug-likeness (QED) is 0.592. The molecule has 0 saturated heterocycles. The van der Waals surface area contributed by atoms with Gasteiger partial charge in [-0.05, 0) is 31.2 Å². The number of carbonyl (C=O) groups is 1. The van der Waals surface area contributed by atoms with Crippen LogP contribution in [0.25, 0.3) is 0 Å². The van der Waals surface area contributed by atoms with Gasteiger partial charge in [0, 0.05) is 0 Å². The van der Waals surface area contributed by atoms with E-state index in [0.29, 0.717) is 0 Å². The van der Waals surface area contributed by atoms with Gasteiger partial charge in [-0.2, -0.15) is 13.2 Å². The summed E-state index contributed by atoms with van der Waals surface area (Å²) in [5, 5.41) is 0. The number of hydrogen-bond donors (Lipinski definition) is 0. The Morgan fingerprint density at radius 1 is 1.04 bits per heavy atom. The third-order valence-corrected chi connectivity index (χ3v) is 5.10. The van der Waals surface area contributed by atoms with Crippen LogP contribution < -0.4 is 4.74 Å². The number of hydrogen-bond acceptors (Lipinski definition) is 4. The second-order valence-corrected chi connectivity index (χ2v) is 7.46. The van der Waals surface area contributed by atoms with Gasteiger partial charge in [-0.15, -0.1) is 0 Å². The van der Waals surface area contributed by atoms with E-state index in [-0.39, 0.29) is 4.90 Å². The molecule has 0 N–H and O–H groups in total. The van der Waals surface area contributed by atoms with Crippen LogP contribution in [-0.4, -0.2) is 20.1 Å². The molecule has 0 aliphatic carbocycles. The molecule has 0 fully saturated rings. The van der Waals surface area contributed by atoms with Gasteiger partial charge in [0.05, 0.1) is 22.6 Å². The Kier molecular flexibility index (Phi) is 5.52. The van der Waals surface area contributed by atoms with Crippen molar-refractivity contribution in [3.63, 3.8) is 0 Å². The molecule has 0 aliphatic heterocycles. The molecule has 2 aromatic rings. The summed E-state index contributed by atoms with van der Waals surface area (Å²) in [6, 6.07) is 10.3. The Morgan fingerprint density at radius 2 is 1.64 bits per heavy atom. The molecule has 4 nitrogen and oxygen atoms in total. The maximum atomic E-state index is 12.8. The topological polar surface area (TPSA) is 60.4 Å². The maximum Gasteiger partial charge on any atom is 0.419 e. The lowest BCUT2D eigenvalue weighted by Gasteiger charge is -2.12. The molecule has 0 aliphatic rings.